The van der Waals surface area contributed by atoms with Gasteiger partial charge in [-0.25, -0.2) is 0 Å². The maximum absolute atomic E-state index is 5.53. The Hall–Kier alpha value is -1.32. The minimum absolute atomic E-state index is 0.491. The molecule has 0 saturated carbocycles. The van der Waals surface area contributed by atoms with Gasteiger partial charge in [0.15, 0.2) is 0 Å². The first-order chi connectivity index (χ1) is 9.85. The Morgan fingerprint density at radius 2 is 2.00 bits per heavy atom. The number of allylic oxidation sites excluding steroid dienone is 1. The van der Waals surface area contributed by atoms with E-state index in [9.17, 15) is 0 Å². The van der Waals surface area contributed by atoms with Gasteiger partial charge in [-0.1, -0.05) is 18.2 Å². The summed E-state index contributed by atoms with van der Waals surface area (Å²) in [5.74, 6) is 0.957. The van der Waals surface area contributed by atoms with E-state index in [1.165, 1.54) is 5.56 Å². The Morgan fingerprint density at radius 3 is 2.60 bits per heavy atom. The molecule has 2 rings (SSSR count). The molecule has 3 heteroatoms. The predicted octanol–water partition coefficient (Wildman–Crippen LogP) is 3.00. The lowest BCUT2D eigenvalue weighted by molar-refractivity contribution is 0.166. The van der Waals surface area contributed by atoms with E-state index in [4.69, 9.17) is 4.74 Å². The molecule has 3 nitrogen and oxygen atoms in total. The Balaban J connectivity index is 2.09. The molecule has 0 aliphatic carbocycles. The highest BCUT2D eigenvalue weighted by Gasteiger charge is 2.21. The van der Waals surface area contributed by atoms with Crippen LogP contribution in [-0.2, 0) is 0 Å². The first-order valence-electron chi connectivity index (χ1n) is 7.63. The normalized spacial score (nSPS) is 17.6. The molecule has 1 heterocycles. The van der Waals surface area contributed by atoms with E-state index in [-0.39, 0.29) is 0 Å². The Kier molecular flexibility index (Phi) is 6.09. The molecule has 0 radical (unpaired) electrons. The van der Waals surface area contributed by atoms with Crippen molar-refractivity contribution in [2.24, 2.45) is 0 Å². The number of hydrogen-bond acceptors (Lipinski definition) is 3. The minimum Gasteiger partial charge on any atom is -0.494 e. The van der Waals surface area contributed by atoms with Gasteiger partial charge in [0.05, 0.1) is 6.61 Å². The van der Waals surface area contributed by atoms with Gasteiger partial charge in [0.25, 0.3) is 0 Å². The van der Waals surface area contributed by atoms with Gasteiger partial charge in [-0.05, 0) is 37.5 Å². The quantitative estimate of drug-likeness (QED) is 0.774. The summed E-state index contributed by atoms with van der Waals surface area (Å²) in [5.41, 5.74) is 1.39. The lowest BCUT2D eigenvalue weighted by Gasteiger charge is -2.35. The molecule has 110 valence electrons. The molecular formula is C17H26N2O. The van der Waals surface area contributed by atoms with Crippen LogP contribution in [0.2, 0.25) is 0 Å². The fraction of sp³-hybridized carbons (Fsp3) is 0.529. The molecule has 1 aliphatic rings. The van der Waals surface area contributed by atoms with Crippen LogP contribution in [0.5, 0.6) is 5.75 Å². The molecule has 20 heavy (non-hydrogen) atoms. The fourth-order valence-corrected chi connectivity index (χ4v) is 2.78. The molecule has 0 amide bonds. The minimum atomic E-state index is 0.491. The van der Waals surface area contributed by atoms with E-state index < -0.39 is 0 Å². The zero-order valence-corrected chi connectivity index (χ0v) is 12.5. The van der Waals surface area contributed by atoms with E-state index in [2.05, 4.69) is 41.1 Å². The summed E-state index contributed by atoms with van der Waals surface area (Å²) in [4.78, 5) is 2.58. The molecule has 0 bridgehead atoms. The third-order valence-electron chi connectivity index (χ3n) is 3.81. The molecule has 0 aromatic heterocycles. The maximum atomic E-state index is 5.53. The van der Waals surface area contributed by atoms with Crippen LogP contribution in [-0.4, -0.2) is 37.7 Å². The summed E-state index contributed by atoms with van der Waals surface area (Å²) in [6.07, 6.45) is 4.21. The Morgan fingerprint density at radius 1 is 1.30 bits per heavy atom. The van der Waals surface area contributed by atoms with Crippen LogP contribution in [0.25, 0.3) is 0 Å². The monoisotopic (exact) mass is 274 g/mol. The highest BCUT2D eigenvalue weighted by molar-refractivity contribution is 5.29. The van der Waals surface area contributed by atoms with Crippen molar-refractivity contribution in [1.82, 2.24) is 10.2 Å². The van der Waals surface area contributed by atoms with Crippen LogP contribution in [0.15, 0.2) is 36.9 Å². The third kappa shape index (κ3) is 4.09. The van der Waals surface area contributed by atoms with Gasteiger partial charge in [-0.2, -0.15) is 0 Å². The number of hydrogen-bond donors (Lipinski definition) is 1. The molecule has 1 N–H and O–H groups in total. The standard InChI is InChI=1S/C17H26N2O/c1-3-5-6-17(19-13-11-18-12-14-19)15-7-9-16(10-8-15)20-4-2/h3,7-10,17-18H,1,4-6,11-14H2,2H3/t17-/m0/s1. The highest BCUT2D eigenvalue weighted by Crippen LogP contribution is 2.27. The van der Waals surface area contributed by atoms with Crippen molar-refractivity contribution in [3.63, 3.8) is 0 Å². The number of ether oxygens (including phenoxy) is 1. The summed E-state index contributed by atoms with van der Waals surface area (Å²) in [7, 11) is 0. The van der Waals surface area contributed by atoms with Crippen molar-refractivity contribution in [3.05, 3.63) is 42.5 Å². The summed E-state index contributed by atoms with van der Waals surface area (Å²) in [5, 5.41) is 3.42. The fourth-order valence-electron chi connectivity index (χ4n) is 2.78. The van der Waals surface area contributed by atoms with Crippen LogP contribution < -0.4 is 10.1 Å². The lowest BCUT2D eigenvalue weighted by Crippen LogP contribution is -2.45. The summed E-state index contributed by atoms with van der Waals surface area (Å²) in [6.45, 7) is 11.0. The van der Waals surface area contributed by atoms with Gasteiger partial charge in [0, 0.05) is 32.2 Å². The number of rotatable bonds is 7. The van der Waals surface area contributed by atoms with Gasteiger partial charge in [-0.3, -0.25) is 4.90 Å². The van der Waals surface area contributed by atoms with E-state index in [1.54, 1.807) is 0 Å². The largest absolute Gasteiger partial charge is 0.494 e. The maximum Gasteiger partial charge on any atom is 0.119 e. The van der Waals surface area contributed by atoms with E-state index in [0.29, 0.717) is 6.04 Å². The lowest BCUT2D eigenvalue weighted by atomic mass is 9.99. The summed E-state index contributed by atoms with van der Waals surface area (Å²) >= 11 is 0. The molecule has 1 atom stereocenters. The van der Waals surface area contributed by atoms with Gasteiger partial charge in [0.1, 0.15) is 5.75 Å². The molecular weight excluding hydrogens is 248 g/mol. The van der Waals surface area contributed by atoms with E-state index in [0.717, 1.165) is 51.4 Å². The van der Waals surface area contributed by atoms with E-state index in [1.807, 2.05) is 13.0 Å². The Bertz CT molecular complexity index is 396. The topological polar surface area (TPSA) is 24.5 Å². The van der Waals surface area contributed by atoms with Crippen LogP contribution in [0.3, 0.4) is 0 Å². The van der Waals surface area contributed by atoms with Gasteiger partial charge >= 0.3 is 0 Å². The van der Waals surface area contributed by atoms with Gasteiger partial charge < -0.3 is 10.1 Å². The number of nitrogens with one attached hydrogen (secondary N) is 1. The number of nitrogens with zero attached hydrogens (tertiary/aromatic N) is 1. The van der Waals surface area contributed by atoms with Crippen molar-refractivity contribution in [2.75, 3.05) is 32.8 Å². The number of piperazine rings is 1. The van der Waals surface area contributed by atoms with Crippen molar-refractivity contribution in [2.45, 2.75) is 25.8 Å². The zero-order valence-electron chi connectivity index (χ0n) is 12.5. The van der Waals surface area contributed by atoms with E-state index >= 15 is 0 Å². The van der Waals surface area contributed by atoms with Crippen molar-refractivity contribution < 1.29 is 4.74 Å². The predicted molar refractivity (Wildman–Crippen MR) is 84.2 cm³/mol. The van der Waals surface area contributed by atoms with Crippen LogP contribution in [0.4, 0.5) is 0 Å². The Labute approximate surface area is 122 Å². The van der Waals surface area contributed by atoms with Crippen LogP contribution >= 0.6 is 0 Å². The second-order valence-electron chi connectivity index (χ2n) is 5.17. The average molecular weight is 274 g/mol. The summed E-state index contributed by atoms with van der Waals surface area (Å²) < 4.78 is 5.53. The summed E-state index contributed by atoms with van der Waals surface area (Å²) in [6, 6.07) is 9.08. The molecule has 0 unspecified atom stereocenters. The van der Waals surface area contributed by atoms with Crippen molar-refractivity contribution in [1.29, 1.82) is 0 Å². The number of benzene rings is 1. The molecule has 1 fully saturated rings. The van der Waals surface area contributed by atoms with Gasteiger partial charge in [-0.15, -0.1) is 6.58 Å². The molecule has 1 aromatic carbocycles. The second kappa shape index (κ2) is 8.08. The molecule has 1 aromatic rings. The second-order valence-corrected chi connectivity index (χ2v) is 5.17. The van der Waals surface area contributed by atoms with Crippen LogP contribution in [0, 0.1) is 0 Å². The highest BCUT2D eigenvalue weighted by atomic mass is 16.5. The SMILES string of the molecule is C=CCC[C@@H](c1ccc(OCC)cc1)N1CCNCC1. The molecule has 1 aliphatic heterocycles. The van der Waals surface area contributed by atoms with Crippen LogP contribution in [0.1, 0.15) is 31.4 Å². The zero-order chi connectivity index (χ0) is 14.2. The average Bonchev–Trinajstić information content (AvgIpc) is 2.51. The molecule has 1 saturated heterocycles. The smallest absolute Gasteiger partial charge is 0.119 e. The first-order valence-corrected chi connectivity index (χ1v) is 7.63. The first kappa shape index (κ1) is 15.1. The molecule has 0 spiro atoms. The van der Waals surface area contributed by atoms with Gasteiger partial charge in [0.2, 0.25) is 0 Å². The van der Waals surface area contributed by atoms with Crippen molar-refractivity contribution in [3.8, 4) is 5.75 Å². The third-order valence-corrected chi connectivity index (χ3v) is 3.81. The van der Waals surface area contributed by atoms with Crippen molar-refractivity contribution >= 4 is 0 Å².